The molecule has 0 saturated carbocycles. The molecule has 3 N–H and O–H groups in total. The SMILES string of the molecule is CC(Oc1ccc(Cl)cc1)/C(N)=N/O.[Cl-]. The first-order valence-corrected chi connectivity index (χ1v) is 4.41. The highest BCUT2D eigenvalue weighted by molar-refractivity contribution is 6.30. The van der Waals surface area contributed by atoms with Crippen molar-refractivity contribution in [2.24, 2.45) is 10.9 Å². The van der Waals surface area contributed by atoms with Crippen molar-refractivity contribution in [2.75, 3.05) is 0 Å². The molecule has 1 aromatic carbocycles. The smallest absolute Gasteiger partial charge is 0.180 e. The molecule has 0 aliphatic rings. The van der Waals surface area contributed by atoms with Crippen LogP contribution in [0.15, 0.2) is 29.4 Å². The quantitative estimate of drug-likeness (QED) is 0.308. The van der Waals surface area contributed by atoms with Gasteiger partial charge in [0, 0.05) is 5.02 Å². The first-order valence-electron chi connectivity index (χ1n) is 4.03. The predicted octanol–water partition coefficient (Wildman–Crippen LogP) is -1.14. The third-order valence-corrected chi connectivity index (χ3v) is 1.91. The van der Waals surface area contributed by atoms with Gasteiger partial charge >= 0.3 is 0 Å². The third kappa shape index (κ3) is 4.27. The van der Waals surface area contributed by atoms with E-state index in [0.29, 0.717) is 10.8 Å². The molecule has 0 fully saturated rings. The van der Waals surface area contributed by atoms with E-state index in [-0.39, 0.29) is 18.2 Å². The molecule has 1 aromatic rings. The zero-order valence-corrected chi connectivity index (χ0v) is 9.53. The lowest BCUT2D eigenvalue weighted by Gasteiger charge is -2.12. The Kier molecular flexibility index (Phi) is 5.89. The average Bonchev–Trinajstić information content (AvgIpc) is 2.20. The minimum Gasteiger partial charge on any atom is -1.00 e. The van der Waals surface area contributed by atoms with E-state index in [2.05, 4.69) is 5.16 Å². The maximum absolute atomic E-state index is 8.39. The molecule has 0 bridgehead atoms. The van der Waals surface area contributed by atoms with Crippen molar-refractivity contribution in [3.05, 3.63) is 29.3 Å². The number of hydrogen-bond acceptors (Lipinski definition) is 3. The number of ether oxygens (including phenoxy) is 1. The van der Waals surface area contributed by atoms with E-state index in [0.717, 1.165) is 0 Å². The molecule has 0 amide bonds. The topological polar surface area (TPSA) is 67.8 Å². The van der Waals surface area contributed by atoms with E-state index in [1.165, 1.54) is 0 Å². The first kappa shape index (κ1) is 13.9. The van der Waals surface area contributed by atoms with E-state index in [4.69, 9.17) is 27.3 Å². The van der Waals surface area contributed by atoms with Crippen LogP contribution in [-0.4, -0.2) is 17.1 Å². The van der Waals surface area contributed by atoms with Gasteiger partial charge in [-0.05, 0) is 31.2 Å². The van der Waals surface area contributed by atoms with Gasteiger partial charge in [-0.2, -0.15) is 0 Å². The second-order valence-electron chi connectivity index (χ2n) is 2.74. The van der Waals surface area contributed by atoms with Gasteiger partial charge in [-0.3, -0.25) is 0 Å². The minimum atomic E-state index is -0.471. The van der Waals surface area contributed by atoms with Gasteiger partial charge in [0.05, 0.1) is 0 Å². The van der Waals surface area contributed by atoms with E-state index < -0.39 is 6.10 Å². The molecular formula is C9H11Cl2N2O2-. The highest BCUT2D eigenvalue weighted by Crippen LogP contribution is 2.16. The molecule has 1 rings (SSSR count). The van der Waals surface area contributed by atoms with Crippen LogP contribution in [0.1, 0.15) is 6.92 Å². The molecule has 84 valence electrons. The average molecular weight is 250 g/mol. The standard InChI is InChI=1S/C9H11ClN2O2.ClH/c1-6(9(11)12-13)14-8-4-2-7(10)3-5-8;/h2-6,13H,1H3,(H2,11,12);1H/p-1. The van der Waals surface area contributed by atoms with Crippen molar-refractivity contribution < 1.29 is 22.4 Å². The Bertz CT molecular complexity index is 327. The van der Waals surface area contributed by atoms with Gasteiger partial charge in [-0.25, -0.2) is 0 Å². The Morgan fingerprint density at radius 3 is 2.47 bits per heavy atom. The fraction of sp³-hybridized carbons (Fsp3) is 0.222. The van der Waals surface area contributed by atoms with E-state index in [9.17, 15) is 0 Å². The van der Waals surface area contributed by atoms with Crippen molar-refractivity contribution in [1.82, 2.24) is 0 Å². The molecule has 0 spiro atoms. The summed E-state index contributed by atoms with van der Waals surface area (Å²) in [6, 6.07) is 6.83. The van der Waals surface area contributed by atoms with E-state index >= 15 is 0 Å². The van der Waals surface area contributed by atoms with Crippen LogP contribution in [0.5, 0.6) is 5.75 Å². The summed E-state index contributed by atoms with van der Waals surface area (Å²) in [4.78, 5) is 0. The number of benzene rings is 1. The number of nitrogens with zero attached hydrogens (tertiary/aromatic N) is 1. The van der Waals surface area contributed by atoms with Gasteiger partial charge in [0.1, 0.15) is 5.75 Å². The number of amidine groups is 1. The fourth-order valence-corrected chi connectivity index (χ4v) is 0.985. The molecular weight excluding hydrogens is 239 g/mol. The zero-order chi connectivity index (χ0) is 10.6. The summed E-state index contributed by atoms with van der Waals surface area (Å²) in [6.45, 7) is 1.68. The van der Waals surface area contributed by atoms with Crippen LogP contribution in [0.2, 0.25) is 5.02 Å². The molecule has 0 saturated heterocycles. The highest BCUT2D eigenvalue weighted by Gasteiger charge is 2.08. The van der Waals surface area contributed by atoms with Crippen molar-refractivity contribution in [2.45, 2.75) is 13.0 Å². The summed E-state index contributed by atoms with van der Waals surface area (Å²) >= 11 is 5.69. The Hall–Kier alpha value is -1.13. The lowest BCUT2D eigenvalue weighted by Crippen LogP contribution is -3.00. The first-order chi connectivity index (χ1) is 6.63. The Labute approximate surface area is 99.1 Å². The van der Waals surface area contributed by atoms with Crippen molar-refractivity contribution in [3.8, 4) is 5.75 Å². The Morgan fingerprint density at radius 1 is 1.47 bits per heavy atom. The van der Waals surface area contributed by atoms with Gasteiger partial charge in [-0.1, -0.05) is 16.8 Å². The second kappa shape index (κ2) is 6.37. The van der Waals surface area contributed by atoms with Gasteiger partial charge in [-0.15, -0.1) is 0 Å². The predicted molar refractivity (Wildman–Crippen MR) is 55.0 cm³/mol. The molecule has 0 aromatic heterocycles. The highest BCUT2D eigenvalue weighted by atomic mass is 35.5. The molecule has 0 radical (unpaired) electrons. The summed E-state index contributed by atoms with van der Waals surface area (Å²) in [6.07, 6.45) is -0.471. The molecule has 6 heteroatoms. The second-order valence-corrected chi connectivity index (χ2v) is 3.18. The lowest BCUT2D eigenvalue weighted by molar-refractivity contribution is -0.00000450. The van der Waals surface area contributed by atoms with Crippen molar-refractivity contribution in [3.63, 3.8) is 0 Å². The molecule has 15 heavy (non-hydrogen) atoms. The monoisotopic (exact) mass is 249 g/mol. The van der Waals surface area contributed by atoms with Gasteiger partial charge in [0.2, 0.25) is 0 Å². The summed E-state index contributed by atoms with van der Waals surface area (Å²) < 4.78 is 5.35. The number of oxime groups is 1. The van der Waals surface area contributed by atoms with Gasteiger partial charge in [0.25, 0.3) is 0 Å². The van der Waals surface area contributed by atoms with Crippen molar-refractivity contribution in [1.29, 1.82) is 0 Å². The molecule has 1 unspecified atom stereocenters. The maximum atomic E-state index is 8.39. The minimum absolute atomic E-state index is 0. The maximum Gasteiger partial charge on any atom is 0.180 e. The fourth-order valence-electron chi connectivity index (χ4n) is 0.859. The lowest BCUT2D eigenvalue weighted by atomic mass is 10.3. The van der Waals surface area contributed by atoms with Crippen LogP contribution in [0, 0.1) is 0 Å². The van der Waals surface area contributed by atoms with Crippen LogP contribution in [0.25, 0.3) is 0 Å². The van der Waals surface area contributed by atoms with Crippen LogP contribution in [0.4, 0.5) is 0 Å². The molecule has 4 nitrogen and oxygen atoms in total. The molecule has 0 aliphatic heterocycles. The molecule has 0 heterocycles. The summed E-state index contributed by atoms with van der Waals surface area (Å²) in [5, 5.41) is 11.9. The number of halogens is 2. The summed E-state index contributed by atoms with van der Waals surface area (Å²) in [5.74, 6) is 0.647. The third-order valence-electron chi connectivity index (χ3n) is 1.66. The van der Waals surface area contributed by atoms with E-state index in [1.54, 1.807) is 31.2 Å². The van der Waals surface area contributed by atoms with Crippen molar-refractivity contribution >= 4 is 17.4 Å². The number of rotatable bonds is 3. The summed E-state index contributed by atoms with van der Waals surface area (Å²) in [7, 11) is 0. The number of hydrogen-bond donors (Lipinski definition) is 2. The molecule has 0 aliphatic carbocycles. The van der Waals surface area contributed by atoms with Gasteiger partial charge < -0.3 is 28.1 Å². The van der Waals surface area contributed by atoms with E-state index in [1.807, 2.05) is 0 Å². The molecule has 1 atom stereocenters. The largest absolute Gasteiger partial charge is 1.00 e. The Balaban J connectivity index is 0.00000196. The van der Waals surface area contributed by atoms with Crippen LogP contribution in [-0.2, 0) is 0 Å². The zero-order valence-electron chi connectivity index (χ0n) is 8.02. The summed E-state index contributed by atoms with van der Waals surface area (Å²) in [5.41, 5.74) is 5.34. The normalized spacial score (nSPS) is 12.8. The van der Waals surface area contributed by atoms with Crippen LogP contribution < -0.4 is 22.9 Å². The Morgan fingerprint density at radius 2 is 2.00 bits per heavy atom. The van der Waals surface area contributed by atoms with Crippen LogP contribution in [0.3, 0.4) is 0 Å². The van der Waals surface area contributed by atoms with Gasteiger partial charge in [0.15, 0.2) is 11.9 Å². The van der Waals surface area contributed by atoms with Crippen LogP contribution >= 0.6 is 11.6 Å². The number of nitrogens with two attached hydrogens (primary N) is 1.